The van der Waals surface area contributed by atoms with Crippen LogP contribution < -0.4 is 5.32 Å². The molecule has 0 heterocycles. The maximum atomic E-state index is 12.3. The summed E-state index contributed by atoms with van der Waals surface area (Å²) in [5.41, 5.74) is 0. The number of hydrogen-bond donors (Lipinski definition) is 3. The first kappa shape index (κ1) is 42.3. The highest BCUT2D eigenvalue weighted by Crippen LogP contribution is 2.11. The van der Waals surface area contributed by atoms with Crippen molar-refractivity contribution in [1.82, 2.24) is 5.32 Å². The molecule has 0 saturated carbocycles. The van der Waals surface area contributed by atoms with Crippen LogP contribution in [-0.4, -0.2) is 34.9 Å². The van der Waals surface area contributed by atoms with Crippen molar-refractivity contribution in [3.63, 3.8) is 0 Å². The normalized spacial score (nSPS) is 13.6. The van der Waals surface area contributed by atoms with Crippen LogP contribution in [0.1, 0.15) is 181 Å². The van der Waals surface area contributed by atoms with E-state index < -0.39 is 12.1 Å². The topological polar surface area (TPSA) is 69.6 Å². The van der Waals surface area contributed by atoms with Gasteiger partial charge < -0.3 is 15.5 Å². The van der Waals surface area contributed by atoms with Gasteiger partial charge in [0.05, 0.1) is 18.8 Å². The molecule has 0 radical (unpaired) electrons. The first-order chi connectivity index (χ1) is 21.7. The molecule has 2 unspecified atom stereocenters. The van der Waals surface area contributed by atoms with E-state index in [1.807, 2.05) is 6.08 Å². The van der Waals surface area contributed by atoms with Crippen molar-refractivity contribution in [1.29, 1.82) is 0 Å². The highest BCUT2D eigenvalue weighted by Gasteiger charge is 2.17. The van der Waals surface area contributed by atoms with Gasteiger partial charge in [-0.1, -0.05) is 152 Å². The third-order valence-electron chi connectivity index (χ3n) is 8.26. The van der Waals surface area contributed by atoms with Gasteiger partial charge in [-0.05, 0) is 70.6 Å². The molecule has 0 fully saturated rings. The van der Waals surface area contributed by atoms with E-state index in [-0.39, 0.29) is 12.5 Å². The highest BCUT2D eigenvalue weighted by atomic mass is 16.3. The lowest BCUT2D eigenvalue weighted by Gasteiger charge is -2.19. The Balaban J connectivity index is 3.72. The molecule has 0 aliphatic rings. The van der Waals surface area contributed by atoms with Crippen molar-refractivity contribution in [2.24, 2.45) is 0 Å². The minimum Gasteiger partial charge on any atom is -0.394 e. The molecule has 0 aliphatic carbocycles. The number of carbonyl (C=O) groups is 1. The van der Waals surface area contributed by atoms with Crippen LogP contribution in [0.2, 0.25) is 0 Å². The fourth-order valence-corrected chi connectivity index (χ4v) is 5.32. The molecular weight excluding hydrogens is 542 g/mol. The largest absolute Gasteiger partial charge is 0.394 e. The monoisotopic (exact) mass is 616 g/mol. The quantitative estimate of drug-likeness (QED) is 0.0508. The van der Waals surface area contributed by atoms with Crippen molar-refractivity contribution in [2.75, 3.05) is 6.61 Å². The number of hydrogen-bond acceptors (Lipinski definition) is 3. The van der Waals surface area contributed by atoms with E-state index in [9.17, 15) is 15.0 Å². The van der Waals surface area contributed by atoms with E-state index in [0.29, 0.717) is 6.42 Å². The second kappa shape index (κ2) is 35.8. The average molecular weight is 616 g/mol. The molecule has 0 saturated heterocycles. The second-order valence-corrected chi connectivity index (χ2v) is 12.6. The first-order valence-electron chi connectivity index (χ1n) is 18.9. The molecule has 2 atom stereocenters. The van der Waals surface area contributed by atoms with E-state index in [1.54, 1.807) is 6.08 Å². The van der Waals surface area contributed by atoms with Gasteiger partial charge in [-0.3, -0.25) is 4.79 Å². The van der Waals surface area contributed by atoms with Gasteiger partial charge in [0.1, 0.15) is 0 Å². The third-order valence-corrected chi connectivity index (χ3v) is 8.26. The first-order valence-corrected chi connectivity index (χ1v) is 18.9. The van der Waals surface area contributed by atoms with Crippen LogP contribution in [0.5, 0.6) is 0 Å². The zero-order chi connectivity index (χ0) is 32.2. The van der Waals surface area contributed by atoms with Gasteiger partial charge in [-0.15, -0.1) is 0 Å². The van der Waals surface area contributed by atoms with Crippen molar-refractivity contribution >= 4 is 5.91 Å². The number of carbonyl (C=O) groups excluding carboxylic acids is 1. The summed E-state index contributed by atoms with van der Waals surface area (Å²) in [5, 5.41) is 22.9. The molecule has 0 rings (SSSR count). The molecule has 44 heavy (non-hydrogen) atoms. The molecule has 3 N–H and O–H groups in total. The number of nitrogens with one attached hydrogen (secondary N) is 1. The summed E-state index contributed by atoms with van der Waals surface area (Å²) >= 11 is 0. The van der Waals surface area contributed by atoms with Gasteiger partial charge in [0, 0.05) is 6.42 Å². The highest BCUT2D eigenvalue weighted by molar-refractivity contribution is 5.76. The Kier molecular flexibility index (Phi) is 34.5. The number of amides is 1. The smallest absolute Gasteiger partial charge is 0.220 e. The molecule has 0 bridgehead atoms. The van der Waals surface area contributed by atoms with Crippen molar-refractivity contribution in [3.8, 4) is 0 Å². The predicted octanol–water partition coefficient (Wildman–Crippen LogP) is 11.2. The molecule has 256 valence electrons. The zero-order valence-corrected chi connectivity index (χ0v) is 29.2. The van der Waals surface area contributed by atoms with E-state index >= 15 is 0 Å². The third kappa shape index (κ3) is 31.8. The number of unbranched alkanes of at least 4 members (excludes halogenated alkanes) is 20. The summed E-state index contributed by atoms with van der Waals surface area (Å²) in [6.45, 7) is 4.26. The van der Waals surface area contributed by atoms with E-state index in [1.165, 1.54) is 109 Å². The fraction of sp³-hybridized carbons (Fsp3) is 0.775. The molecule has 0 aromatic rings. The molecular formula is C40H73NO3. The SMILES string of the molecule is CCCCCCCC/C=C/CC/C=C/CC/C=C/C(O)C(CO)NC(=O)CCCCCCC/C=C\CCCCCCCCC. The molecule has 0 aliphatic heterocycles. The second-order valence-electron chi connectivity index (χ2n) is 12.6. The van der Waals surface area contributed by atoms with Crippen LogP contribution in [0.4, 0.5) is 0 Å². The summed E-state index contributed by atoms with van der Waals surface area (Å²) in [7, 11) is 0. The number of allylic oxidation sites excluding steroid dienone is 7. The van der Waals surface area contributed by atoms with E-state index in [0.717, 1.165) is 51.4 Å². The van der Waals surface area contributed by atoms with Crippen LogP contribution in [-0.2, 0) is 4.79 Å². The van der Waals surface area contributed by atoms with Gasteiger partial charge in [-0.2, -0.15) is 0 Å². The maximum absolute atomic E-state index is 12.3. The summed E-state index contributed by atoms with van der Waals surface area (Å²) in [6.07, 6.45) is 47.6. The lowest BCUT2D eigenvalue weighted by molar-refractivity contribution is -0.123. The lowest BCUT2D eigenvalue weighted by Crippen LogP contribution is -2.45. The summed E-state index contributed by atoms with van der Waals surface area (Å²) in [4.78, 5) is 12.3. The lowest BCUT2D eigenvalue weighted by atomic mass is 10.1. The molecule has 1 amide bonds. The standard InChI is InChI=1S/C40H73NO3/c1-3-5-7-9-11-13-15-17-19-21-23-25-27-29-31-33-35-39(43)38(37-42)41-40(44)36-34-32-30-28-26-24-22-20-18-16-14-12-10-8-6-4-2/h17,19-20,22,25,27,33,35,38-39,42-43H,3-16,18,21,23-24,26,28-32,34,36-37H2,1-2H3,(H,41,44)/b19-17+,22-20-,27-25+,35-33+. The van der Waals surface area contributed by atoms with Gasteiger partial charge in [0.15, 0.2) is 0 Å². The predicted molar refractivity (Wildman–Crippen MR) is 193 cm³/mol. The Morgan fingerprint density at radius 1 is 0.523 bits per heavy atom. The van der Waals surface area contributed by atoms with E-state index in [2.05, 4.69) is 55.6 Å². The fourth-order valence-electron chi connectivity index (χ4n) is 5.32. The molecule has 4 heteroatoms. The molecule has 4 nitrogen and oxygen atoms in total. The number of aliphatic hydroxyl groups excluding tert-OH is 2. The minimum absolute atomic E-state index is 0.0891. The van der Waals surface area contributed by atoms with Gasteiger partial charge in [0.2, 0.25) is 5.91 Å². The van der Waals surface area contributed by atoms with Crippen LogP contribution in [0.25, 0.3) is 0 Å². The van der Waals surface area contributed by atoms with E-state index in [4.69, 9.17) is 0 Å². The zero-order valence-electron chi connectivity index (χ0n) is 29.2. The van der Waals surface area contributed by atoms with Crippen LogP contribution in [0, 0.1) is 0 Å². The van der Waals surface area contributed by atoms with Crippen molar-refractivity contribution in [3.05, 3.63) is 48.6 Å². The Morgan fingerprint density at radius 2 is 0.886 bits per heavy atom. The number of aliphatic hydroxyl groups is 2. The summed E-state index contributed by atoms with van der Waals surface area (Å²) < 4.78 is 0. The van der Waals surface area contributed by atoms with Crippen LogP contribution in [0.15, 0.2) is 48.6 Å². The molecule has 0 aromatic heterocycles. The minimum atomic E-state index is -0.872. The van der Waals surface area contributed by atoms with Crippen molar-refractivity contribution in [2.45, 2.75) is 193 Å². The van der Waals surface area contributed by atoms with Gasteiger partial charge in [-0.25, -0.2) is 0 Å². The van der Waals surface area contributed by atoms with Gasteiger partial charge in [0.25, 0.3) is 0 Å². The molecule has 0 spiro atoms. The maximum Gasteiger partial charge on any atom is 0.220 e. The Bertz CT molecular complexity index is 711. The van der Waals surface area contributed by atoms with Crippen LogP contribution in [0.3, 0.4) is 0 Å². The number of rotatable bonds is 33. The van der Waals surface area contributed by atoms with Crippen LogP contribution >= 0.6 is 0 Å². The Morgan fingerprint density at radius 3 is 1.32 bits per heavy atom. The Labute approximate surface area is 274 Å². The summed E-state index contributed by atoms with van der Waals surface area (Å²) in [6, 6.07) is -0.648. The Hall–Kier alpha value is -1.65. The molecule has 0 aromatic carbocycles. The van der Waals surface area contributed by atoms with Crippen molar-refractivity contribution < 1.29 is 15.0 Å². The van der Waals surface area contributed by atoms with Gasteiger partial charge >= 0.3 is 0 Å². The summed E-state index contributed by atoms with van der Waals surface area (Å²) in [5.74, 6) is -0.0891. The average Bonchev–Trinajstić information content (AvgIpc) is 3.03.